The molecule has 0 aliphatic heterocycles. The molecule has 0 fully saturated rings. The van der Waals surface area contributed by atoms with E-state index in [2.05, 4.69) is 0 Å². The number of aliphatic carboxylic acids is 1. The van der Waals surface area contributed by atoms with Gasteiger partial charge in [0.05, 0.1) is 0 Å². The Kier molecular flexibility index (Phi) is 3.56. The van der Waals surface area contributed by atoms with Crippen molar-refractivity contribution in [3.63, 3.8) is 0 Å². The van der Waals surface area contributed by atoms with E-state index in [1.165, 1.54) is 18.2 Å². The Bertz CT molecular complexity index is 600. The molecular weight excluding hydrogens is 291 g/mol. The van der Waals surface area contributed by atoms with Crippen molar-refractivity contribution in [1.29, 1.82) is 0 Å². The van der Waals surface area contributed by atoms with E-state index >= 15 is 0 Å². The van der Waals surface area contributed by atoms with Gasteiger partial charge < -0.3 is 15.5 Å². The minimum Gasteiger partial charge on any atom is -0.508 e. The van der Waals surface area contributed by atoms with Crippen LogP contribution in [-0.4, -0.2) is 33.8 Å². The number of fused-ring (bicyclic) bond motifs is 1. The number of hydrogen-bond acceptors (Lipinski definition) is 3. The van der Waals surface area contributed by atoms with Crippen LogP contribution < -0.4 is 5.32 Å². The van der Waals surface area contributed by atoms with Gasteiger partial charge in [-0.05, 0) is 36.1 Å². The van der Waals surface area contributed by atoms with Gasteiger partial charge in [0.25, 0.3) is 0 Å². The second-order valence-electron chi connectivity index (χ2n) is 4.97. The molecule has 1 aromatic carbocycles. The van der Waals surface area contributed by atoms with Crippen LogP contribution in [-0.2, 0) is 22.4 Å². The Balaban J connectivity index is 2.32. The summed E-state index contributed by atoms with van der Waals surface area (Å²) in [5.74, 6) is -3.79. The Morgan fingerprint density at radius 2 is 1.90 bits per heavy atom. The zero-order valence-electron chi connectivity index (χ0n) is 10.7. The first kappa shape index (κ1) is 15.1. The number of halogens is 3. The lowest BCUT2D eigenvalue weighted by Gasteiger charge is -2.35. The Morgan fingerprint density at radius 1 is 1.24 bits per heavy atom. The largest absolute Gasteiger partial charge is 0.508 e. The molecule has 0 radical (unpaired) electrons. The van der Waals surface area contributed by atoms with Crippen molar-refractivity contribution in [3.05, 3.63) is 29.3 Å². The van der Waals surface area contributed by atoms with E-state index in [0.29, 0.717) is 11.1 Å². The van der Waals surface area contributed by atoms with E-state index in [1.54, 1.807) is 5.32 Å². The Morgan fingerprint density at radius 3 is 2.48 bits per heavy atom. The van der Waals surface area contributed by atoms with E-state index in [4.69, 9.17) is 0 Å². The number of carbonyl (C=O) groups excluding carboxylic acids is 1. The zero-order chi connectivity index (χ0) is 15.8. The topological polar surface area (TPSA) is 86.6 Å². The van der Waals surface area contributed by atoms with Gasteiger partial charge in [-0.15, -0.1) is 0 Å². The Labute approximate surface area is 117 Å². The number of phenols is 1. The number of amides is 1. The van der Waals surface area contributed by atoms with E-state index in [9.17, 15) is 33.0 Å². The standard InChI is InChI=1S/C13H12F3NO4/c14-13(15,16)10(19)17-12(11(20)21)4-3-7-5-9(18)2-1-8(7)6-12/h1-2,5,18H,3-4,6H2,(H,17,19)(H,20,21). The molecule has 21 heavy (non-hydrogen) atoms. The number of aryl methyl sites for hydroxylation is 1. The maximum absolute atomic E-state index is 12.3. The highest BCUT2D eigenvalue weighted by Crippen LogP contribution is 2.32. The number of phenolic OH excluding ortho intramolecular Hbond substituents is 1. The molecule has 2 rings (SSSR count). The SMILES string of the molecule is O=C(NC1(C(=O)O)CCc2cc(O)ccc2C1)C(F)(F)F. The number of benzene rings is 1. The first-order valence-electron chi connectivity index (χ1n) is 6.07. The minimum absolute atomic E-state index is 0.00379. The average molecular weight is 303 g/mol. The molecule has 1 aromatic rings. The molecule has 0 bridgehead atoms. The molecule has 0 saturated carbocycles. The molecule has 8 heteroatoms. The summed E-state index contributed by atoms with van der Waals surface area (Å²) in [5.41, 5.74) is -0.839. The predicted octanol–water partition coefficient (Wildman–Crippen LogP) is 1.38. The number of carbonyl (C=O) groups is 2. The molecule has 0 saturated heterocycles. The lowest BCUT2D eigenvalue weighted by Crippen LogP contribution is -2.60. The van der Waals surface area contributed by atoms with E-state index in [-0.39, 0.29) is 25.0 Å². The third-order valence-corrected chi connectivity index (χ3v) is 3.52. The van der Waals surface area contributed by atoms with Gasteiger partial charge in [0, 0.05) is 6.42 Å². The van der Waals surface area contributed by atoms with Crippen LogP contribution in [0.3, 0.4) is 0 Å². The van der Waals surface area contributed by atoms with Gasteiger partial charge in [0.15, 0.2) is 0 Å². The molecular formula is C13H12F3NO4. The van der Waals surface area contributed by atoms with Gasteiger partial charge in [0.2, 0.25) is 0 Å². The van der Waals surface area contributed by atoms with Crippen molar-refractivity contribution in [2.45, 2.75) is 31.0 Å². The van der Waals surface area contributed by atoms with Crippen LogP contribution in [0.4, 0.5) is 13.2 Å². The van der Waals surface area contributed by atoms with E-state index in [0.717, 1.165) is 0 Å². The molecule has 0 heterocycles. The van der Waals surface area contributed by atoms with Crippen molar-refractivity contribution in [1.82, 2.24) is 5.32 Å². The third-order valence-electron chi connectivity index (χ3n) is 3.52. The Hall–Kier alpha value is -2.25. The van der Waals surface area contributed by atoms with Gasteiger partial charge in [-0.1, -0.05) is 6.07 Å². The maximum atomic E-state index is 12.3. The first-order valence-corrected chi connectivity index (χ1v) is 6.07. The summed E-state index contributed by atoms with van der Waals surface area (Å²) < 4.78 is 37.0. The van der Waals surface area contributed by atoms with Crippen LogP contribution in [0.2, 0.25) is 0 Å². The van der Waals surface area contributed by atoms with Gasteiger partial charge in [-0.25, -0.2) is 4.79 Å². The highest BCUT2D eigenvalue weighted by molar-refractivity contribution is 5.90. The van der Waals surface area contributed by atoms with Crippen LogP contribution in [0.5, 0.6) is 5.75 Å². The normalized spacial score (nSPS) is 21.5. The van der Waals surface area contributed by atoms with Crippen molar-refractivity contribution >= 4 is 11.9 Å². The lowest BCUT2D eigenvalue weighted by molar-refractivity contribution is -0.178. The summed E-state index contributed by atoms with van der Waals surface area (Å²) in [5, 5.41) is 20.2. The summed E-state index contributed by atoms with van der Waals surface area (Å²) in [7, 11) is 0. The van der Waals surface area contributed by atoms with Crippen LogP contribution in [0.25, 0.3) is 0 Å². The average Bonchev–Trinajstić information content (AvgIpc) is 2.37. The van der Waals surface area contributed by atoms with Gasteiger partial charge >= 0.3 is 18.1 Å². The maximum Gasteiger partial charge on any atom is 0.471 e. The molecule has 0 aromatic heterocycles. The monoisotopic (exact) mass is 303 g/mol. The number of carboxylic acid groups (broad SMARTS) is 1. The summed E-state index contributed by atoms with van der Waals surface area (Å²) in [4.78, 5) is 22.5. The second-order valence-corrected chi connectivity index (χ2v) is 4.97. The fraction of sp³-hybridized carbons (Fsp3) is 0.385. The van der Waals surface area contributed by atoms with Crippen molar-refractivity contribution in [2.24, 2.45) is 0 Å². The molecule has 1 atom stereocenters. The molecule has 0 spiro atoms. The van der Waals surface area contributed by atoms with Crippen LogP contribution in [0, 0.1) is 0 Å². The molecule has 114 valence electrons. The zero-order valence-corrected chi connectivity index (χ0v) is 10.7. The molecule has 1 unspecified atom stereocenters. The fourth-order valence-electron chi connectivity index (χ4n) is 2.41. The minimum atomic E-state index is -5.14. The summed E-state index contributed by atoms with van der Waals surface area (Å²) in [6.07, 6.45) is -5.44. The fourth-order valence-corrected chi connectivity index (χ4v) is 2.41. The van der Waals surface area contributed by atoms with E-state index in [1.807, 2.05) is 0 Å². The van der Waals surface area contributed by atoms with Gasteiger partial charge in [-0.2, -0.15) is 13.2 Å². The van der Waals surface area contributed by atoms with Crippen LogP contribution in [0.15, 0.2) is 18.2 Å². The lowest BCUT2D eigenvalue weighted by atomic mass is 9.77. The van der Waals surface area contributed by atoms with Gasteiger partial charge in [0.1, 0.15) is 11.3 Å². The number of aromatic hydroxyl groups is 1. The molecule has 1 aliphatic carbocycles. The first-order chi connectivity index (χ1) is 9.64. The predicted molar refractivity (Wildman–Crippen MR) is 64.7 cm³/mol. The summed E-state index contributed by atoms with van der Waals surface area (Å²) >= 11 is 0. The number of alkyl halides is 3. The van der Waals surface area contributed by atoms with Crippen LogP contribution in [0.1, 0.15) is 17.5 Å². The number of nitrogens with one attached hydrogen (secondary N) is 1. The third kappa shape index (κ3) is 2.93. The van der Waals surface area contributed by atoms with Crippen molar-refractivity contribution in [3.8, 4) is 5.75 Å². The van der Waals surface area contributed by atoms with Gasteiger partial charge in [-0.3, -0.25) is 4.79 Å². The smallest absolute Gasteiger partial charge is 0.471 e. The molecule has 1 aliphatic rings. The van der Waals surface area contributed by atoms with Crippen molar-refractivity contribution in [2.75, 3.05) is 0 Å². The van der Waals surface area contributed by atoms with E-state index < -0.39 is 23.6 Å². The van der Waals surface area contributed by atoms with Crippen molar-refractivity contribution < 1.29 is 33.0 Å². The number of hydrogen-bond donors (Lipinski definition) is 3. The second kappa shape index (κ2) is 4.94. The molecule has 1 amide bonds. The molecule has 3 N–H and O–H groups in total. The van der Waals surface area contributed by atoms with Crippen LogP contribution >= 0.6 is 0 Å². The summed E-state index contributed by atoms with van der Waals surface area (Å²) in [6, 6.07) is 4.20. The number of rotatable bonds is 2. The highest BCUT2D eigenvalue weighted by atomic mass is 19.4. The highest BCUT2D eigenvalue weighted by Gasteiger charge is 2.49. The number of carboxylic acids is 1. The summed E-state index contributed by atoms with van der Waals surface area (Å²) in [6.45, 7) is 0. The quantitative estimate of drug-likeness (QED) is 0.770. The molecule has 5 nitrogen and oxygen atoms in total.